The summed E-state index contributed by atoms with van der Waals surface area (Å²) < 4.78 is 13.1. The van der Waals surface area contributed by atoms with Gasteiger partial charge in [0, 0.05) is 37.8 Å². The zero-order valence-corrected chi connectivity index (χ0v) is 32.3. The highest BCUT2D eigenvalue weighted by Gasteiger charge is 2.71. The normalized spacial score (nSPS) is 51.1. The molecule has 3 saturated heterocycles. The van der Waals surface area contributed by atoms with E-state index < -0.39 is 0 Å². The molecule has 3 unspecified atom stereocenters. The second-order valence-corrected chi connectivity index (χ2v) is 20.2. The standard InChI is InChI=1S/C40H64BrN2O4/c1-26(24-43-21-19-42(20-22-43)23-34(43)41)29-11-16-40(25-46-27(2)44)18-17-38(7)30(35(29)40)9-10-32-37(6)14-13-33(47-28(3)45)36(4,5)31(37)12-15-39(32,38)8/h29-35H,1,9-25H2,2-8H3/q+1/t29-,30+,31-,32?,33?,34?,35+,37-,38+,39+,40+/m0/s1. The van der Waals surface area contributed by atoms with Gasteiger partial charge in [-0.05, 0) is 132 Å². The van der Waals surface area contributed by atoms with E-state index in [2.05, 4.69) is 55.4 Å². The Morgan fingerprint density at radius 2 is 1.57 bits per heavy atom. The van der Waals surface area contributed by atoms with Gasteiger partial charge >= 0.3 is 11.9 Å². The lowest BCUT2D eigenvalue weighted by Gasteiger charge is -2.73. The lowest BCUT2D eigenvalue weighted by Crippen LogP contribution is -2.71. The smallest absolute Gasteiger partial charge is 0.302 e. The Kier molecular flexibility index (Phi) is 8.49. The third-order valence-corrected chi connectivity index (χ3v) is 18.3. The van der Waals surface area contributed by atoms with Crippen LogP contribution < -0.4 is 0 Å². The Balaban J connectivity index is 1.20. The van der Waals surface area contributed by atoms with Gasteiger partial charge in [-0.3, -0.25) is 14.5 Å². The quantitative estimate of drug-likeness (QED) is 0.0918. The number of carbonyl (C=O) groups excluding carboxylic acids is 2. The molecule has 0 radical (unpaired) electrons. The van der Waals surface area contributed by atoms with Crippen molar-refractivity contribution in [2.45, 2.75) is 124 Å². The molecular formula is C40H64BrN2O4+. The molecule has 2 bridgehead atoms. The number of quaternary nitrogens is 1. The summed E-state index contributed by atoms with van der Waals surface area (Å²) in [6.45, 7) is 28.7. The van der Waals surface area contributed by atoms with Crippen LogP contribution in [0.1, 0.15) is 113 Å². The minimum atomic E-state index is -0.133. The fraction of sp³-hybridized carbons (Fsp3) is 0.900. The van der Waals surface area contributed by atoms with Crippen molar-refractivity contribution in [2.75, 3.05) is 45.9 Å². The van der Waals surface area contributed by atoms with Crippen molar-refractivity contribution in [3.05, 3.63) is 12.2 Å². The van der Waals surface area contributed by atoms with Crippen molar-refractivity contribution in [1.29, 1.82) is 0 Å². The van der Waals surface area contributed by atoms with E-state index in [1.165, 1.54) is 83.1 Å². The van der Waals surface area contributed by atoms with Crippen molar-refractivity contribution in [3.8, 4) is 0 Å². The molecule has 8 rings (SSSR count). The van der Waals surface area contributed by atoms with Crippen LogP contribution in [-0.4, -0.2) is 78.3 Å². The van der Waals surface area contributed by atoms with Crippen LogP contribution in [0.5, 0.6) is 0 Å². The molecule has 3 heterocycles. The lowest BCUT2D eigenvalue weighted by molar-refractivity contribution is -0.945. The van der Waals surface area contributed by atoms with Gasteiger partial charge in [0.25, 0.3) is 0 Å². The highest BCUT2D eigenvalue weighted by atomic mass is 79.9. The molecule has 7 heteroatoms. The Labute approximate surface area is 293 Å². The maximum Gasteiger partial charge on any atom is 0.302 e. The van der Waals surface area contributed by atoms with Crippen molar-refractivity contribution >= 4 is 27.9 Å². The van der Waals surface area contributed by atoms with Crippen LogP contribution in [-0.2, 0) is 19.1 Å². The third kappa shape index (κ3) is 5.02. The van der Waals surface area contributed by atoms with Crippen LogP contribution >= 0.6 is 15.9 Å². The number of esters is 2. The van der Waals surface area contributed by atoms with E-state index in [1.807, 2.05) is 0 Å². The van der Waals surface area contributed by atoms with E-state index in [9.17, 15) is 9.59 Å². The number of halogens is 1. The molecule has 0 amide bonds. The van der Waals surface area contributed by atoms with Crippen LogP contribution in [0.3, 0.4) is 0 Å². The number of nitrogens with zero attached hydrogens (tertiary/aromatic N) is 2. The van der Waals surface area contributed by atoms with E-state index in [0.717, 1.165) is 30.4 Å². The van der Waals surface area contributed by atoms with Crippen LogP contribution in [0, 0.1) is 56.7 Å². The average molecular weight is 717 g/mol. The molecular weight excluding hydrogens is 652 g/mol. The zero-order chi connectivity index (χ0) is 33.8. The van der Waals surface area contributed by atoms with Crippen LogP contribution in [0.2, 0.25) is 0 Å². The number of carbonyl (C=O) groups is 2. The summed E-state index contributed by atoms with van der Waals surface area (Å²) in [5, 5.41) is 0. The first-order valence-corrected chi connectivity index (χ1v) is 20.1. The number of alkyl halides is 1. The number of rotatable bonds is 6. The van der Waals surface area contributed by atoms with E-state index in [0.29, 0.717) is 41.1 Å². The molecule has 0 aromatic carbocycles. The summed E-state index contributed by atoms with van der Waals surface area (Å²) >= 11 is 4.13. The number of ether oxygens (including phenoxy) is 2. The predicted molar refractivity (Wildman–Crippen MR) is 189 cm³/mol. The molecule has 8 aliphatic rings. The molecule has 47 heavy (non-hydrogen) atoms. The monoisotopic (exact) mass is 715 g/mol. The second-order valence-electron chi connectivity index (χ2n) is 19.2. The van der Waals surface area contributed by atoms with Crippen LogP contribution in [0.25, 0.3) is 0 Å². The van der Waals surface area contributed by atoms with Gasteiger partial charge in [0.15, 0.2) is 4.95 Å². The summed E-state index contributed by atoms with van der Waals surface area (Å²) in [5.41, 5.74) is 2.31. The molecule has 5 saturated carbocycles. The van der Waals surface area contributed by atoms with Gasteiger partial charge in [-0.2, -0.15) is 0 Å². The van der Waals surface area contributed by atoms with E-state index in [1.54, 1.807) is 13.8 Å². The van der Waals surface area contributed by atoms with Crippen LogP contribution in [0.15, 0.2) is 12.2 Å². The van der Waals surface area contributed by atoms with Gasteiger partial charge in [-0.25, -0.2) is 0 Å². The maximum absolute atomic E-state index is 12.3. The second kappa shape index (κ2) is 11.6. The average Bonchev–Trinajstić information content (AvgIpc) is 3.39. The van der Waals surface area contributed by atoms with Crippen molar-refractivity contribution in [2.24, 2.45) is 56.7 Å². The van der Waals surface area contributed by atoms with Crippen LogP contribution in [0.4, 0.5) is 0 Å². The Morgan fingerprint density at radius 3 is 2.23 bits per heavy atom. The zero-order valence-electron chi connectivity index (χ0n) is 30.7. The highest BCUT2D eigenvalue weighted by Crippen LogP contribution is 2.77. The Bertz CT molecular complexity index is 1290. The van der Waals surface area contributed by atoms with Gasteiger partial charge < -0.3 is 14.0 Å². The SMILES string of the molecule is C=C(C[N+]12CCN(CC1)CC2Br)[C@@H]1CC[C@]2(COC(C)=O)CC[C@]3(C)[C@H](CCC4[C@@]5(C)CCC(OC(C)=O)C(C)(C)[C@@H]5CC[C@]43C)[C@@H]12. The minimum Gasteiger partial charge on any atom is -0.465 e. The van der Waals surface area contributed by atoms with Crippen molar-refractivity contribution < 1.29 is 23.5 Å². The number of hydrogen-bond acceptors (Lipinski definition) is 5. The van der Waals surface area contributed by atoms with Crippen molar-refractivity contribution in [1.82, 2.24) is 4.90 Å². The molecule has 0 aromatic heterocycles. The summed E-state index contributed by atoms with van der Waals surface area (Å²) in [6.07, 6.45) is 12.0. The number of piperazine rings is 3. The molecule has 264 valence electrons. The van der Waals surface area contributed by atoms with E-state index in [-0.39, 0.29) is 45.1 Å². The number of fused-ring (bicyclic) bond motifs is 10. The molecule has 8 fully saturated rings. The van der Waals surface area contributed by atoms with Gasteiger partial charge in [0.1, 0.15) is 12.6 Å². The molecule has 0 aromatic rings. The van der Waals surface area contributed by atoms with Gasteiger partial charge in [-0.1, -0.05) is 41.2 Å². The topological polar surface area (TPSA) is 55.8 Å². The fourth-order valence-electron chi connectivity index (χ4n) is 14.6. The molecule has 6 nitrogen and oxygen atoms in total. The Morgan fingerprint density at radius 1 is 0.851 bits per heavy atom. The molecule has 0 spiro atoms. The Hall–Kier alpha value is -0.920. The highest BCUT2D eigenvalue weighted by molar-refractivity contribution is 9.09. The lowest BCUT2D eigenvalue weighted by atomic mass is 9.32. The first-order valence-electron chi connectivity index (χ1n) is 19.2. The summed E-state index contributed by atoms with van der Waals surface area (Å²) in [6, 6.07) is 0. The van der Waals surface area contributed by atoms with Gasteiger partial charge in [0.05, 0.1) is 26.2 Å². The first kappa shape index (κ1) is 34.5. The summed E-state index contributed by atoms with van der Waals surface area (Å²) in [7, 11) is 0. The van der Waals surface area contributed by atoms with E-state index >= 15 is 0 Å². The number of hydrogen-bond donors (Lipinski definition) is 0. The summed E-state index contributed by atoms with van der Waals surface area (Å²) in [5.74, 6) is 2.64. The van der Waals surface area contributed by atoms with Crippen molar-refractivity contribution in [3.63, 3.8) is 0 Å². The summed E-state index contributed by atoms with van der Waals surface area (Å²) in [4.78, 5) is 27.5. The van der Waals surface area contributed by atoms with E-state index in [4.69, 9.17) is 16.1 Å². The maximum atomic E-state index is 12.3. The molecule has 3 aliphatic heterocycles. The van der Waals surface area contributed by atoms with Gasteiger partial charge in [0.2, 0.25) is 0 Å². The van der Waals surface area contributed by atoms with Gasteiger partial charge in [-0.15, -0.1) is 0 Å². The predicted octanol–water partition coefficient (Wildman–Crippen LogP) is 7.99. The molecule has 5 aliphatic carbocycles. The third-order valence-electron chi connectivity index (χ3n) is 17.2. The minimum absolute atomic E-state index is 0.0159. The first-order chi connectivity index (χ1) is 22.0. The molecule has 0 N–H and O–H groups in total. The largest absolute Gasteiger partial charge is 0.465 e. The molecule has 11 atom stereocenters. The fourth-order valence-corrected chi connectivity index (χ4v) is 15.6.